The van der Waals surface area contributed by atoms with Gasteiger partial charge in [-0.1, -0.05) is 36.4 Å². The molecule has 0 bridgehead atoms. The third-order valence-corrected chi connectivity index (χ3v) is 4.02. The molecule has 0 saturated carbocycles. The number of benzene rings is 3. The molecule has 0 aromatic heterocycles. The zero-order chi connectivity index (χ0) is 16.6. The van der Waals surface area contributed by atoms with Gasteiger partial charge in [0.15, 0.2) is 5.78 Å². The molecule has 4 nitrogen and oxygen atoms in total. The molecule has 114 valence electrons. The number of aryl methyl sites for hydroxylation is 2. The maximum Gasteiger partial charge on any atom is 0.272 e. The fourth-order valence-electron chi connectivity index (χ4n) is 2.83. The van der Waals surface area contributed by atoms with Gasteiger partial charge < -0.3 is 0 Å². The van der Waals surface area contributed by atoms with Crippen LogP contribution in [-0.4, -0.2) is 10.7 Å². The number of carbonyl (C=O) groups is 1. The topological polar surface area (TPSA) is 60.2 Å². The van der Waals surface area contributed by atoms with Gasteiger partial charge in [-0.2, -0.15) is 0 Å². The maximum absolute atomic E-state index is 12.9. The summed E-state index contributed by atoms with van der Waals surface area (Å²) >= 11 is 0. The quantitative estimate of drug-likeness (QED) is 0.404. The Kier molecular flexibility index (Phi) is 3.66. The molecule has 3 rings (SSSR count). The van der Waals surface area contributed by atoms with Crippen LogP contribution in [0, 0.1) is 24.0 Å². The van der Waals surface area contributed by atoms with Crippen molar-refractivity contribution in [2.45, 2.75) is 13.8 Å². The van der Waals surface area contributed by atoms with Crippen LogP contribution >= 0.6 is 0 Å². The third-order valence-electron chi connectivity index (χ3n) is 4.02. The summed E-state index contributed by atoms with van der Waals surface area (Å²) in [5.41, 5.74) is 2.52. The van der Waals surface area contributed by atoms with E-state index in [9.17, 15) is 14.9 Å². The van der Waals surface area contributed by atoms with Gasteiger partial charge in [0.25, 0.3) is 5.69 Å². The molecule has 0 radical (unpaired) electrons. The van der Waals surface area contributed by atoms with Crippen LogP contribution in [0.15, 0.2) is 54.6 Å². The van der Waals surface area contributed by atoms with Gasteiger partial charge in [-0.15, -0.1) is 0 Å². The minimum atomic E-state index is -0.438. The lowest BCUT2D eigenvalue weighted by Crippen LogP contribution is -2.06. The number of carbonyl (C=O) groups excluding carboxylic acids is 1. The highest BCUT2D eigenvalue weighted by molar-refractivity contribution is 6.17. The third kappa shape index (κ3) is 2.59. The molecule has 0 fully saturated rings. The van der Waals surface area contributed by atoms with Crippen LogP contribution in [0.5, 0.6) is 0 Å². The Hall–Kier alpha value is -3.01. The van der Waals surface area contributed by atoms with E-state index in [0.29, 0.717) is 16.7 Å². The van der Waals surface area contributed by atoms with E-state index in [0.717, 1.165) is 16.3 Å². The number of hydrogen-bond acceptors (Lipinski definition) is 3. The van der Waals surface area contributed by atoms with E-state index in [1.807, 2.05) is 43.3 Å². The molecule has 4 heteroatoms. The molecule has 3 aromatic carbocycles. The summed E-state index contributed by atoms with van der Waals surface area (Å²) in [4.78, 5) is 23.4. The summed E-state index contributed by atoms with van der Waals surface area (Å²) in [6, 6.07) is 16.1. The lowest BCUT2D eigenvalue weighted by molar-refractivity contribution is -0.385. The van der Waals surface area contributed by atoms with E-state index in [-0.39, 0.29) is 11.5 Å². The first-order chi connectivity index (χ1) is 11.0. The van der Waals surface area contributed by atoms with Crippen molar-refractivity contribution in [3.8, 4) is 0 Å². The highest BCUT2D eigenvalue weighted by Crippen LogP contribution is 2.26. The Morgan fingerprint density at radius 1 is 0.957 bits per heavy atom. The monoisotopic (exact) mass is 305 g/mol. The Balaban J connectivity index is 2.16. The van der Waals surface area contributed by atoms with Gasteiger partial charge in [0, 0.05) is 22.8 Å². The number of nitrogens with zero attached hydrogens (tertiary/aromatic N) is 1. The molecule has 0 saturated heterocycles. The SMILES string of the molecule is Cc1cc(C(=O)c2c(C)ccc3ccccc23)ccc1[N+](=O)[O-]. The smallest absolute Gasteiger partial charge is 0.272 e. The van der Waals surface area contributed by atoms with Gasteiger partial charge in [0.2, 0.25) is 0 Å². The van der Waals surface area contributed by atoms with Crippen LogP contribution in [0.25, 0.3) is 10.8 Å². The number of ketones is 1. The van der Waals surface area contributed by atoms with Gasteiger partial charge in [0.1, 0.15) is 0 Å². The van der Waals surface area contributed by atoms with Crippen molar-refractivity contribution >= 4 is 22.2 Å². The van der Waals surface area contributed by atoms with Crippen LogP contribution in [0.1, 0.15) is 27.0 Å². The number of rotatable bonds is 3. The zero-order valence-electron chi connectivity index (χ0n) is 12.9. The summed E-state index contributed by atoms with van der Waals surface area (Å²) in [6.45, 7) is 3.54. The van der Waals surface area contributed by atoms with Crippen LogP contribution in [-0.2, 0) is 0 Å². The summed E-state index contributed by atoms with van der Waals surface area (Å²) in [5, 5.41) is 12.8. The highest BCUT2D eigenvalue weighted by atomic mass is 16.6. The van der Waals surface area contributed by atoms with Gasteiger partial charge >= 0.3 is 0 Å². The van der Waals surface area contributed by atoms with Crippen molar-refractivity contribution in [2.24, 2.45) is 0 Å². The fourth-order valence-corrected chi connectivity index (χ4v) is 2.83. The van der Waals surface area contributed by atoms with Crippen LogP contribution < -0.4 is 0 Å². The predicted molar refractivity (Wildman–Crippen MR) is 90.0 cm³/mol. The molecular formula is C19H15NO3. The second-order valence-corrected chi connectivity index (χ2v) is 5.57. The average molecular weight is 305 g/mol. The molecule has 0 aliphatic heterocycles. The summed E-state index contributed by atoms with van der Waals surface area (Å²) < 4.78 is 0. The molecule has 23 heavy (non-hydrogen) atoms. The molecule has 0 aliphatic rings. The number of fused-ring (bicyclic) bond motifs is 1. The number of hydrogen-bond donors (Lipinski definition) is 0. The molecule has 0 atom stereocenters. The lowest BCUT2D eigenvalue weighted by atomic mass is 9.92. The Labute approximate surface area is 133 Å². The van der Waals surface area contributed by atoms with Crippen molar-refractivity contribution in [3.63, 3.8) is 0 Å². The second-order valence-electron chi connectivity index (χ2n) is 5.57. The van der Waals surface area contributed by atoms with Crippen molar-refractivity contribution in [1.29, 1.82) is 0 Å². The van der Waals surface area contributed by atoms with Crippen molar-refractivity contribution in [1.82, 2.24) is 0 Å². The van der Waals surface area contributed by atoms with Crippen molar-refractivity contribution in [3.05, 3.63) is 87.0 Å². The fraction of sp³-hybridized carbons (Fsp3) is 0.105. The average Bonchev–Trinajstić information content (AvgIpc) is 2.53. The van der Waals surface area contributed by atoms with Crippen LogP contribution in [0.4, 0.5) is 5.69 Å². The van der Waals surface area contributed by atoms with Gasteiger partial charge in [-0.3, -0.25) is 14.9 Å². The van der Waals surface area contributed by atoms with Crippen molar-refractivity contribution < 1.29 is 9.72 Å². The van der Waals surface area contributed by atoms with Crippen LogP contribution in [0.3, 0.4) is 0 Å². The minimum absolute atomic E-state index is 0.0243. The molecule has 0 aliphatic carbocycles. The van der Waals surface area contributed by atoms with Gasteiger partial charge in [-0.25, -0.2) is 0 Å². The van der Waals surface area contributed by atoms with E-state index in [1.165, 1.54) is 12.1 Å². The summed E-state index contributed by atoms with van der Waals surface area (Å²) in [6.07, 6.45) is 0. The maximum atomic E-state index is 12.9. The van der Waals surface area contributed by atoms with E-state index in [4.69, 9.17) is 0 Å². The Morgan fingerprint density at radius 2 is 1.70 bits per heavy atom. The molecule has 0 unspecified atom stereocenters. The molecule has 0 spiro atoms. The normalized spacial score (nSPS) is 10.7. The molecule has 0 N–H and O–H groups in total. The summed E-state index contributed by atoms with van der Waals surface area (Å²) in [5.74, 6) is -0.114. The standard InChI is InChI=1S/C19H15NO3/c1-12-7-8-14-5-3-4-6-16(14)18(12)19(21)15-9-10-17(20(22)23)13(2)11-15/h3-11H,1-2H3. The first-order valence-electron chi connectivity index (χ1n) is 7.27. The predicted octanol–water partition coefficient (Wildman–Crippen LogP) is 4.60. The number of nitro benzene ring substituents is 1. The first kappa shape index (κ1) is 14.9. The molecule has 0 amide bonds. The zero-order valence-corrected chi connectivity index (χ0v) is 12.9. The van der Waals surface area contributed by atoms with Gasteiger partial charge in [0.05, 0.1) is 4.92 Å². The Morgan fingerprint density at radius 3 is 2.39 bits per heavy atom. The van der Waals surface area contributed by atoms with E-state index in [1.54, 1.807) is 13.0 Å². The molecule has 3 aromatic rings. The summed E-state index contributed by atoms with van der Waals surface area (Å²) in [7, 11) is 0. The highest BCUT2D eigenvalue weighted by Gasteiger charge is 2.18. The Bertz CT molecular complexity index is 944. The lowest BCUT2D eigenvalue weighted by Gasteiger charge is -2.10. The van der Waals surface area contributed by atoms with Gasteiger partial charge in [-0.05, 0) is 42.3 Å². The minimum Gasteiger partial charge on any atom is -0.289 e. The first-order valence-corrected chi connectivity index (χ1v) is 7.27. The van der Waals surface area contributed by atoms with E-state index >= 15 is 0 Å². The van der Waals surface area contributed by atoms with Crippen molar-refractivity contribution in [2.75, 3.05) is 0 Å². The largest absolute Gasteiger partial charge is 0.289 e. The molecule has 0 heterocycles. The number of nitro groups is 1. The van der Waals surface area contributed by atoms with Crippen LogP contribution in [0.2, 0.25) is 0 Å². The molecular weight excluding hydrogens is 290 g/mol. The second kappa shape index (κ2) is 5.65. The van der Waals surface area contributed by atoms with E-state index < -0.39 is 4.92 Å². The van der Waals surface area contributed by atoms with E-state index in [2.05, 4.69) is 0 Å².